The molecule has 0 spiro atoms. The first-order valence-corrected chi connectivity index (χ1v) is 8.56. The van der Waals surface area contributed by atoms with Crippen LogP contribution in [0.1, 0.15) is 19.3 Å². The van der Waals surface area contributed by atoms with Crippen LogP contribution in [0.4, 0.5) is 8.78 Å². The summed E-state index contributed by atoms with van der Waals surface area (Å²) in [5.41, 5.74) is 0. The van der Waals surface area contributed by atoms with Crippen molar-refractivity contribution in [1.82, 2.24) is 4.31 Å². The van der Waals surface area contributed by atoms with E-state index in [2.05, 4.69) is 15.9 Å². The summed E-state index contributed by atoms with van der Waals surface area (Å²) in [4.78, 5) is -0.575. The third kappa shape index (κ3) is 2.98. The van der Waals surface area contributed by atoms with Crippen molar-refractivity contribution in [2.75, 3.05) is 11.9 Å². The van der Waals surface area contributed by atoms with Gasteiger partial charge in [-0.1, -0.05) is 15.9 Å². The maximum atomic E-state index is 13.6. The quantitative estimate of drug-likeness (QED) is 0.780. The summed E-state index contributed by atoms with van der Waals surface area (Å²) in [6.45, 7) is 0.357. The summed E-state index contributed by atoms with van der Waals surface area (Å²) in [7, 11) is -3.97. The van der Waals surface area contributed by atoms with E-state index in [1.54, 1.807) is 0 Å². The molecule has 1 aliphatic rings. The molecular weight excluding hydrogens is 340 g/mol. The van der Waals surface area contributed by atoms with Crippen molar-refractivity contribution in [2.45, 2.75) is 30.2 Å². The topological polar surface area (TPSA) is 37.4 Å². The van der Waals surface area contributed by atoms with Gasteiger partial charge in [0.25, 0.3) is 0 Å². The highest BCUT2D eigenvalue weighted by atomic mass is 79.9. The molecule has 1 aromatic carbocycles. The van der Waals surface area contributed by atoms with E-state index in [0.29, 0.717) is 18.3 Å². The third-order valence-electron chi connectivity index (χ3n) is 3.25. The fourth-order valence-electron chi connectivity index (χ4n) is 2.34. The summed E-state index contributed by atoms with van der Waals surface area (Å²) in [6, 6.07) is 2.35. The van der Waals surface area contributed by atoms with Gasteiger partial charge in [-0.2, -0.15) is 4.31 Å². The summed E-state index contributed by atoms with van der Waals surface area (Å²) in [6.07, 6.45) is 2.16. The molecule has 1 saturated heterocycles. The molecule has 19 heavy (non-hydrogen) atoms. The van der Waals surface area contributed by atoms with Crippen molar-refractivity contribution in [3.63, 3.8) is 0 Å². The SMILES string of the molecule is O=S(=O)(c1cc(F)ccc1F)N1CCCC1CCBr. The smallest absolute Gasteiger partial charge is 0.207 e. The van der Waals surface area contributed by atoms with Gasteiger partial charge in [-0.3, -0.25) is 0 Å². The van der Waals surface area contributed by atoms with Crippen LogP contribution < -0.4 is 0 Å². The number of hydrogen-bond acceptors (Lipinski definition) is 2. The minimum absolute atomic E-state index is 0.146. The Balaban J connectivity index is 2.39. The molecule has 0 radical (unpaired) electrons. The van der Waals surface area contributed by atoms with Gasteiger partial charge in [0.15, 0.2) is 0 Å². The molecule has 0 aromatic heterocycles. The average molecular weight is 354 g/mol. The first-order chi connectivity index (χ1) is 8.96. The fraction of sp³-hybridized carbons (Fsp3) is 0.500. The van der Waals surface area contributed by atoms with Crippen LogP contribution in [-0.4, -0.2) is 30.6 Å². The maximum Gasteiger partial charge on any atom is 0.246 e. The van der Waals surface area contributed by atoms with Crippen LogP contribution in [0.15, 0.2) is 23.1 Å². The Hall–Kier alpha value is -0.530. The molecule has 0 N–H and O–H groups in total. The largest absolute Gasteiger partial charge is 0.246 e. The van der Waals surface area contributed by atoms with Crippen molar-refractivity contribution in [2.24, 2.45) is 0 Å². The van der Waals surface area contributed by atoms with Gasteiger partial charge in [-0.25, -0.2) is 17.2 Å². The van der Waals surface area contributed by atoms with E-state index in [-0.39, 0.29) is 6.04 Å². The second-order valence-corrected chi connectivity index (χ2v) is 7.12. The predicted octanol–water partition coefficient (Wildman–Crippen LogP) is 2.90. The van der Waals surface area contributed by atoms with Crippen LogP contribution in [0.3, 0.4) is 0 Å². The van der Waals surface area contributed by atoms with Gasteiger partial charge in [-0.05, 0) is 37.5 Å². The number of benzene rings is 1. The van der Waals surface area contributed by atoms with Crippen LogP contribution in [0.5, 0.6) is 0 Å². The van der Waals surface area contributed by atoms with Gasteiger partial charge >= 0.3 is 0 Å². The van der Waals surface area contributed by atoms with Crippen molar-refractivity contribution in [3.8, 4) is 0 Å². The fourth-order valence-corrected chi connectivity index (χ4v) is 4.67. The van der Waals surface area contributed by atoms with E-state index in [4.69, 9.17) is 0 Å². The Labute approximate surface area is 119 Å². The Morgan fingerprint density at radius 2 is 2.11 bits per heavy atom. The van der Waals surface area contributed by atoms with E-state index < -0.39 is 26.6 Å². The van der Waals surface area contributed by atoms with Crippen LogP contribution in [0, 0.1) is 11.6 Å². The molecule has 1 aliphatic heterocycles. The highest BCUT2D eigenvalue weighted by Crippen LogP contribution is 2.29. The molecule has 2 rings (SSSR count). The van der Waals surface area contributed by atoms with E-state index in [0.717, 1.165) is 31.0 Å². The lowest BCUT2D eigenvalue weighted by Gasteiger charge is -2.23. The molecule has 7 heteroatoms. The Morgan fingerprint density at radius 1 is 1.37 bits per heavy atom. The summed E-state index contributed by atoms with van der Waals surface area (Å²) >= 11 is 3.28. The lowest BCUT2D eigenvalue weighted by atomic mass is 10.2. The number of hydrogen-bond donors (Lipinski definition) is 0. The normalized spacial score (nSPS) is 20.9. The van der Waals surface area contributed by atoms with Crippen molar-refractivity contribution >= 4 is 26.0 Å². The average Bonchev–Trinajstić information content (AvgIpc) is 2.81. The van der Waals surface area contributed by atoms with E-state index in [1.807, 2.05) is 0 Å². The van der Waals surface area contributed by atoms with Gasteiger partial charge in [0.1, 0.15) is 16.5 Å². The van der Waals surface area contributed by atoms with Crippen LogP contribution in [0.2, 0.25) is 0 Å². The number of rotatable bonds is 4. The van der Waals surface area contributed by atoms with Crippen LogP contribution >= 0.6 is 15.9 Å². The molecule has 1 atom stereocenters. The maximum absolute atomic E-state index is 13.6. The summed E-state index contributed by atoms with van der Waals surface area (Å²) in [5, 5.41) is 0.676. The second kappa shape index (κ2) is 5.85. The zero-order chi connectivity index (χ0) is 14.0. The molecular formula is C12H14BrF2NO2S. The zero-order valence-electron chi connectivity index (χ0n) is 10.2. The van der Waals surface area contributed by atoms with Crippen LogP contribution in [0.25, 0.3) is 0 Å². The van der Waals surface area contributed by atoms with Gasteiger partial charge in [0.2, 0.25) is 10.0 Å². The monoisotopic (exact) mass is 353 g/mol. The number of halogens is 3. The molecule has 0 saturated carbocycles. The first kappa shape index (κ1) is 14.9. The minimum atomic E-state index is -3.97. The van der Waals surface area contributed by atoms with Gasteiger partial charge in [-0.15, -0.1) is 0 Å². The second-order valence-electron chi connectivity index (χ2n) is 4.46. The Morgan fingerprint density at radius 3 is 2.79 bits per heavy atom. The standard InChI is InChI=1S/C12H14BrF2NO2S/c13-6-5-10-2-1-7-16(10)19(17,18)12-8-9(14)3-4-11(12)15/h3-4,8,10H,1-2,5-7H2. The molecule has 106 valence electrons. The highest BCUT2D eigenvalue weighted by Gasteiger charge is 2.36. The third-order valence-corrected chi connectivity index (χ3v) is 5.67. The van der Waals surface area contributed by atoms with E-state index >= 15 is 0 Å². The molecule has 0 aliphatic carbocycles. The van der Waals surface area contributed by atoms with Gasteiger partial charge in [0.05, 0.1) is 0 Å². The van der Waals surface area contributed by atoms with Crippen molar-refractivity contribution < 1.29 is 17.2 Å². The zero-order valence-corrected chi connectivity index (χ0v) is 12.6. The molecule has 1 unspecified atom stereocenters. The predicted molar refractivity (Wildman–Crippen MR) is 71.7 cm³/mol. The number of sulfonamides is 1. The molecule has 3 nitrogen and oxygen atoms in total. The van der Waals surface area contributed by atoms with Crippen LogP contribution in [-0.2, 0) is 10.0 Å². The Kier molecular flexibility index (Phi) is 4.58. The van der Waals surface area contributed by atoms with Crippen molar-refractivity contribution in [1.29, 1.82) is 0 Å². The first-order valence-electron chi connectivity index (χ1n) is 5.99. The van der Waals surface area contributed by atoms with Gasteiger partial charge in [0, 0.05) is 17.9 Å². The van der Waals surface area contributed by atoms with Crippen molar-refractivity contribution in [3.05, 3.63) is 29.8 Å². The highest BCUT2D eigenvalue weighted by molar-refractivity contribution is 9.09. The molecule has 1 aromatic rings. The number of alkyl halides is 1. The summed E-state index contributed by atoms with van der Waals surface area (Å²) < 4.78 is 52.9. The van der Waals surface area contributed by atoms with E-state index in [1.165, 1.54) is 4.31 Å². The van der Waals surface area contributed by atoms with E-state index in [9.17, 15) is 17.2 Å². The molecule has 0 amide bonds. The van der Waals surface area contributed by atoms with Gasteiger partial charge < -0.3 is 0 Å². The number of nitrogens with zero attached hydrogens (tertiary/aromatic N) is 1. The molecule has 1 heterocycles. The lowest BCUT2D eigenvalue weighted by Crippen LogP contribution is -2.36. The molecule has 1 fully saturated rings. The minimum Gasteiger partial charge on any atom is -0.207 e. The lowest BCUT2D eigenvalue weighted by molar-refractivity contribution is 0.379. The molecule has 0 bridgehead atoms. The Bertz CT molecular complexity index is 565. The summed E-state index contributed by atoms with van der Waals surface area (Å²) in [5.74, 6) is -1.66.